The van der Waals surface area contributed by atoms with E-state index in [0.29, 0.717) is 5.56 Å². The minimum Gasteiger partial charge on any atom is -0.440 e. The lowest BCUT2D eigenvalue weighted by Gasteiger charge is -2.16. The number of ether oxygens (including phenoxy) is 3. The summed E-state index contributed by atoms with van der Waals surface area (Å²) in [5.74, 6) is -0.896. The zero-order valence-corrected chi connectivity index (χ0v) is 21.2. The largest absolute Gasteiger partial charge is 0.509 e. The van der Waals surface area contributed by atoms with Crippen molar-refractivity contribution in [3.05, 3.63) is 48.0 Å². The third-order valence-electron chi connectivity index (χ3n) is 4.82. The summed E-state index contributed by atoms with van der Waals surface area (Å²) in [6, 6.07) is 6.92. The molecular formula is C19H21FN6O10P2. The van der Waals surface area contributed by atoms with E-state index in [0.717, 1.165) is 11.0 Å². The van der Waals surface area contributed by atoms with Crippen molar-refractivity contribution in [1.29, 1.82) is 5.41 Å². The lowest BCUT2D eigenvalue weighted by Crippen LogP contribution is -2.27. The Labute approximate surface area is 214 Å². The van der Waals surface area contributed by atoms with E-state index in [1.54, 1.807) is 0 Å². The molecule has 0 saturated carbocycles. The number of hydrogen-bond acceptors (Lipinski definition) is 10. The van der Waals surface area contributed by atoms with Crippen LogP contribution >= 0.6 is 15.6 Å². The van der Waals surface area contributed by atoms with E-state index in [1.807, 2.05) is 0 Å². The molecule has 19 heteroatoms. The van der Waals surface area contributed by atoms with Crippen LogP contribution in [-0.4, -0.2) is 69.6 Å². The molecule has 3 atom stereocenters. The van der Waals surface area contributed by atoms with Crippen LogP contribution in [-0.2, 0) is 23.3 Å². The van der Waals surface area contributed by atoms with Gasteiger partial charge in [0.25, 0.3) is 5.59 Å². The van der Waals surface area contributed by atoms with Crippen LogP contribution < -0.4 is 10.3 Å². The number of anilines is 1. The normalized spacial score (nSPS) is 17.1. The zero-order valence-electron chi connectivity index (χ0n) is 19.3. The number of benzene rings is 1. The average molecular weight is 574 g/mol. The maximum Gasteiger partial charge on any atom is 0.509 e. The zero-order chi connectivity index (χ0) is 28.0. The Morgan fingerprint density at radius 3 is 2.74 bits per heavy atom. The van der Waals surface area contributed by atoms with E-state index >= 15 is 0 Å². The second-order valence-electron chi connectivity index (χ2n) is 7.44. The number of amides is 1. The van der Waals surface area contributed by atoms with E-state index in [-0.39, 0.29) is 29.3 Å². The van der Waals surface area contributed by atoms with Crippen LogP contribution in [0.4, 0.5) is 19.7 Å². The molecule has 2 aromatic rings. The number of nitrogens with zero attached hydrogens (tertiary/aromatic N) is 4. The minimum absolute atomic E-state index is 0.126. The Morgan fingerprint density at radius 2 is 2.16 bits per heavy atom. The molecule has 3 rings (SSSR count). The van der Waals surface area contributed by atoms with Gasteiger partial charge in [0.05, 0.1) is 12.2 Å². The second-order valence-corrected chi connectivity index (χ2v) is 10.8. The average Bonchev–Trinajstić information content (AvgIpc) is 3.24. The number of cyclic esters (lactones) is 1. The van der Waals surface area contributed by atoms with Crippen molar-refractivity contribution >= 4 is 39.4 Å². The minimum atomic E-state index is -5.23. The van der Waals surface area contributed by atoms with Gasteiger partial charge in [-0.2, -0.15) is 0 Å². The first-order valence-electron chi connectivity index (χ1n) is 10.4. The van der Waals surface area contributed by atoms with Gasteiger partial charge >= 0.3 is 19.8 Å². The van der Waals surface area contributed by atoms with Crippen LogP contribution in [0.25, 0.3) is 11.1 Å². The molecule has 0 spiro atoms. The second kappa shape index (κ2) is 12.2. The molecule has 2 unspecified atom stereocenters. The summed E-state index contributed by atoms with van der Waals surface area (Å²) >= 11 is 0. The summed E-state index contributed by atoms with van der Waals surface area (Å²) in [7, 11) is -7.65. The Bertz CT molecular complexity index is 1320. The molecular weight excluding hydrogens is 553 g/mol. The fourth-order valence-corrected chi connectivity index (χ4v) is 4.69. The predicted octanol–water partition coefficient (Wildman–Crippen LogP) is 2.21. The molecule has 204 valence electrons. The summed E-state index contributed by atoms with van der Waals surface area (Å²) in [4.78, 5) is 55.9. The van der Waals surface area contributed by atoms with E-state index in [4.69, 9.17) is 24.8 Å². The number of nitrogens with one attached hydrogen (secondary N) is 2. The molecule has 0 aliphatic carbocycles. The van der Waals surface area contributed by atoms with Crippen molar-refractivity contribution < 1.29 is 52.0 Å². The van der Waals surface area contributed by atoms with Gasteiger partial charge in [-0.25, -0.2) is 14.0 Å². The van der Waals surface area contributed by atoms with Gasteiger partial charge in [0.2, 0.25) is 8.03 Å². The fourth-order valence-electron chi connectivity index (χ4n) is 3.12. The lowest BCUT2D eigenvalue weighted by atomic mass is 10.1. The number of carbonyl (C=O) groups is 2. The monoisotopic (exact) mass is 574 g/mol. The molecule has 38 heavy (non-hydrogen) atoms. The van der Waals surface area contributed by atoms with E-state index in [9.17, 15) is 23.1 Å². The molecule has 0 radical (unpaired) electrons. The van der Waals surface area contributed by atoms with Crippen molar-refractivity contribution in [2.75, 3.05) is 25.1 Å². The van der Waals surface area contributed by atoms with Crippen LogP contribution in [0.2, 0.25) is 0 Å². The highest BCUT2D eigenvalue weighted by atomic mass is 31.2. The van der Waals surface area contributed by atoms with Gasteiger partial charge in [0, 0.05) is 24.4 Å². The van der Waals surface area contributed by atoms with E-state index < -0.39 is 52.0 Å². The highest BCUT2D eigenvalue weighted by Crippen LogP contribution is 2.52. The number of aromatic nitrogens is 1. The molecule has 1 aromatic heterocycles. The molecule has 1 aromatic carbocycles. The van der Waals surface area contributed by atoms with Crippen molar-refractivity contribution in [2.24, 2.45) is 10.3 Å². The van der Waals surface area contributed by atoms with Crippen molar-refractivity contribution in [3.8, 4) is 11.1 Å². The van der Waals surface area contributed by atoms with Crippen LogP contribution in [0.3, 0.4) is 0 Å². The van der Waals surface area contributed by atoms with Gasteiger partial charge < -0.3 is 28.9 Å². The predicted molar refractivity (Wildman–Crippen MR) is 127 cm³/mol. The maximum absolute atomic E-state index is 14.9. The molecule has 16 nitrogen and oxygen atoms in total. The third kappa shape index (κ3) is 7.18. The topological polar surface area (TPSA) is 233 Å². The summed E-state index contributed by atoms with van der Waals surface area (Å²) < 4.78 is 50.9. The van der Waals surface area contributed by atoms with Gasteiger partial charge in [0.15, 0.2) is 11.9 Å². The lowest BCUT2D eigenvalue weighted by molar-refractivity contribution is 0.0240. The first kappa shape index (κ1) is 28.8. The van der Waals surface area contributed by atoms with Crippen molar-refractivity contribution in [1.82, 2.24) is 10.4 Å². The Morgan fingerprint density at radius 1 is 1.42 bits per heavy atom. The Kier molecular flexibility index (Phi) is 9.25. The maximum atomic E-state index is 14.9. The Balaban J connectivity index is 1.63. The Hall–Kier alpha value is -3.75. The molecule has 1 aliphatic rings. The number of halogens is 1. The summed E-state index contributed by atoms with van der Waals surface area (Å²) in [5, 5.41) is 14.8. The van der Waals surface area contributed by atoms with E-state index in [2.05, 4.69) is 30.2 Å². The smallest absolute Gasteiger partial charge is 0.440 e. The number of carbonyl (C=O) groups excluding carboxylic acids is 2. The third-order valence-corrected chi connectivity index (χ3v) is 7.75. The van der Waals surface area contributed by atoms with Gasteiger partial charge in [-0.05, 0) is 24.3 Å². The first-order valence-corrected chi connectivity index (χ1v) is 13.5. The van der Waals surface area contributed by atoms with Gasteiger partial charge in [0.1, 0.15) is 18.1 Å². The molecule has 1 aliphatic heterocycles. The number of amidine groups is 1. The first-order chi connectivity index (χ1) is 17.9. The van der Waals surface area contributed by atoms with Crippen LogP contribution in [0, 0.1) is 11.2 Å². The van der Waals surface area contributed by atoms with Crippen LogP contribution in [0.15, 0.2) is 46.9 Å². The van der Waals surface area contributed by atoms with Crippen molar-refractivity contribution in [2.45, 2.75) is 11.7 Å². The highest BCUT2D eigenvalue weighted by molar-refractivity contribution is 7.65. The molecule has 0 bridgehead atoms. The number of pyridine rings is 1. The number of hydrogen-bond donors (Lipinski definition) is 5. The summed E-state index contributed by atoms with van der Waals surface area (Å²) in [5.41, 5.74) is 0.721. The fraction of sp³-hybridized carbons (Fsp3) is 0.263. The standard InChI is InChI=1S/C19H21FN6O10P2/c1-22-25-24-16(21)15-5-2-10(7-23-15)13-4-3-11(6-14(13)20)26-8-12(35-17(26)27)9-34-18(28)36-19(37(29)30)38(31,32)33/h2-7,12,19,37H,8-9H2,1H3,(H,29,30)(H2,21,22,24)(H2,31,32,33)/t12-,19?/m1/s1. The van der Waals surface area contributed by atoms with E-state index in [1.165, 1.54) is 37.5 Å². The van der Waals surface area contributed by atoms with Gasteiger partial charge in [-0.1, -0.05) is 11.3 Å². The van der Waals surface area contributed by atoms with Gasteiger partial charge in [-0.3, -0.25) is 29.8 Å². The summed E-state index contributed by atoms with van der Waals surface area (Å²) in [6.45, 7) is -0.786. The highest BCUT2D eigenvalue weighted by Gasteiger charge is 2.39. The molecule has 1 amide bonds. The molecule has 1 saturated heterocycles. The number of rotatable bonds is 9. The van der Waals surface area contributed by atoms with Crippen molar-refractivity contribution in [3.63, 3.8) is 0 Å². The molecule has 2 heterocycles. The van der Waals surface area contributed by atoms with Crippen LogP contribution in [0.5, 0.6) is 0 Å². The summed E-state index contributed by atoms with van der Waals surface area (Å²) in [6.07, 6.45) is -2.24. The molecule has 1 fully saturated rings. The SMILES string of the molecule is CN/N=N\C(=N)c1ccc(-c2ccc(N3C[C@H](COC(=O)OC([PH](=O)O)P(=O)(O)O)OC3=O)cc2F)cn1. The van der Waals surface area contributed by atoms with Crippen LogP contribution in [0.1, 0.15) is 5.69 Å². The quantitative estimate of drug-likeness (QED) is 0.0724. The molecule has 5 N–H and O–H groups in total. The van der Waals surface area contributed by atoms with Gasteiger partial charge in [-0.15, -0.1) is 5.11 Å².